The minimum Gasteiger partial charge on any atom is -0.364 e. The zero-order chi connectivity index (χ0) is 25.0. The largest absolute Gasteiger partial charge is 0.364 e. The van der Waals surface area contributed by atoms with Crippen LogP contribution in [-0.4, -0.2) is 47.8 Å². The number of nitrogens with one attached hydrogen (secondary N) is 1. The molecule has 1 aliphatic rings. The number of amides is 2. The third-order valence-corrected chi connectivity index (χ3v) is 8.14. The first-order chi connectivity index (χ1) is 16.1. The summed E-state index contributed by atoms with van der Waals surface area (Å²) < 4.78 is 39.8. The fourth-order valence-electron chi connectivity index (χ4n) is 4.61. The molecule has 186 valence electrons. The van der Waals surface area contributed by atoms with Crippen molar-refractivity contribution in [2.24, 2.45) is 11.7 Å². The number of carbonyl (C=O) groups excluding carboxylic acids is 2. The Hall–Kier alpha value is -2.75. The second-order valence-electron chi connectivity index (χ2n) is 9.00. The van der Waals surface area contributed by atoms with Gasteiger partial charge in [-0.1, -0.05) is 26.3 Å². The average Bonchev–Trinajstić information content (AvgIpc) is 3.17. The van der Waals surface area contributed by atoms with E-state index in [2.05, 4.69) is 10.3 Å². The highest BCUT2D eigenvalue weighted by molar-refractivity contribution is 7.91. The highest BCUT2D eigenvalue weighted by Gasteiger charge is 2.30. The van der Waals surface area contributed by atoms with E-state index in [1.807, 2.05) is 6.92 Å². The van der Waals surface area contributed by atoms with E-state index < -0.39 is 27.5 Å². The third kappa shape index (κ3) is 5.65. The molecule has 1 aliphatic carbocycles. The summed E-state index contributed by atoms with van der Waals surface area (Å²) in [7, 11) is -3.06. The summed E-state index contributed by atoms with van der Waals surface area (Å²) >= 11 is 0. The molecule has 1 fully saturated rings. The molecule has 0 saturated heterocycles. The average molecular weight is 493 g/mol. The van der Waals surface area contributed by atoms with Crippen LogP contribution in [0, 0.1) is 11.7 Å². The molecule has 0 spiro atoms. The molecule has 10 heteroatoms. The zero-order valence-electron chi connectivity index (χ0n) is 19.9. The number of aryl methyl sites for hydroxylation is 2. The maximum absolute atomic E-state index is 15.0. The number of hydrogen-bond acceptors (Lipinski definition) is 5. The minimum absolute atomic E-state index is 0.121. The molecule has 0 atom stereocenters. The lowest BCUT2D eigenvalue weighted by Gasteiger charge is -2.27. The van der Waals surface area contributed by atoms with E-state index in [0.717, 1.165) is 18.4 Å². The summed E-state index contributed by atoms with van der Waals surface area (Å²) in [6.45, 7) is 4.14. The van der Waals surface area contributed by atoms with Gasteiger partial charge < -0.3 is 11.1 Å². The van der Waals surface area contributed by atoms with Crippen molar-refractivity contribution in [1.82, 2.24) is 14.9 Å². The van der Waals surface area contributed by atoms with Gasteiger partial charge in [-0.15, -0.1) is 0 Å². The highest BCUT2D eigenvalue weighted by Crippen LogP contribution is 2.28. The first-order valence-electron chi connectivity index (χ1n) is 11.7. The van der Waals surface area contributed by atoms with E-state index >= 15 is 0 Å². The lowest BCUT2D eigenvalue weighted by atomic mass is 9.89. The fourth-order valence-corrected chi connectivity index (χ4v) is 5.74. The third-order valence-electron chi connectivity index (χ3n) is 6.45. The van der Waals surface area contributed by atoms with Crippen LogP contribution in [0.15, 0.2) is 18.2 Å². The molecule has 1 aromatic carbocycles. The SMILES string of the molecule is CCCc1ccc(-n2c(CC)nc(C(=O)NCC3CCC(S(C)(=O)=O)CC3)c2C(N)=O)c(F)c1. The van der Waals surface area contributed by atoms with Crippen LogP contribution in [0.25, 0.3) is 5.69 Å². The molecule has 0 unspecified atom stereocenters. The van der Waals surface area contributed by atoms with E-state index in [4.69, 9.17) is 5.73 Å². The number of primary amides is 1. The topological polar surface area (TPSA) is 124 Å². The Labute approximate surface area is 200 Å². The lowest BCUT2D eigenvalue weighted by molar-refractivity contribution is 0.0922. The van der Waals surface area contributed by atoms with Crippen LogP contribution in [0.4, 0.5) is 4.39 Å². The molecule has 0 radical (unpaired) electrons. The number of nitrogens with zero attached hydrogens (tertiary/aromatic N) is 2. The Kier molecular flexibility index (Phi) is 8.12. The van der Waals surface area contributed by atoms with Gasteiger partial charge in [0.1, 0.15) is 27.2 Å². The van der Waals surface area contributed by atoms with Crippen LogP contribution >= 0.6 is 0 Å². The molecule has 2 aromatic rings. The van der Waals surface area contributed by atoms with Crippen LogP contribution in [0.3, 0.4) is 0 Å². The summed E-state index contributed by atoms with van der Waals surface area (Å²) in [6, 6.07) is 4.80. The maximum Gasteiger partial charge on any atom is 0.272 e. The first kappa shape index (κ1) is 25.9. The quantitative estimate of drug-likeness (QED) is 0.557. The monoisotopic (exact) mass is 492 g/mol. The van der Waals surface area contributed by atoms with Crippen LogP contribution < -0.4 is 11.1 Å². The lowest BCUT2D eigenvalue weighted by Crippen LogP contribution is -2.35. The smallest absolute Gasteiger partial charge is 0.272 e. The van der Waals surface area contributed by atoms with Gasteiger partial charge in [-0.3, -0.25) is 14.2 Å². The Bertz CT molecular complexity index is 1170. The molecule has 34 heavy (non-hydrogen) atoms. The number of halogens is 1. The molecule has 0 bridgehead atoms. The molecule has 3 N–H and O–H groups in total. The summed E-state index contributed by atoms with van der Waals surface area (Å²) in [5.74, 6) is -1.46. The van der Waals surface area contributed by atoms with E-state index in [9.17, 15) is 22.4 Å². The van der Waals surface area contributed by atoms with Gasteiger partial charge in [0, 0.05) is 19.2 Å². The molecule has 1 aromatic heterocycles. The van der Waals surface area contributed by atoms with Gasteiger partial charge in [-0.2, -0.15) is 0 Å². The number of nitrogens with two attached hydrogens (primary N) is 1. The number of imidazole rings is 1. The van der Waals surface area contributed by atoms with E-state index in [1.165, 1.54) is 16.9 Å². The van der Waals surface area contributed by atoms with Crippen molar-refractivity contribution in [2.45, 2.75) is 64.0 Å². The minimum atomic E-state index is -3.06. The predicted molar refractivity (Wildman–Crippen MR) is 128 cm³/mol. The van der Waals surface area contributed by atoms with Crippen molar-refractivity contribution in [2.75, 3.05) is 12.8 Å². The van der Waals surface area contributed by atoms with Crippen LogP contribution in [0.2, 0.25) is 0 Å². The van der Waals surface area contributed by atoms with Crippen molar-refractivity contribution in [3.8, 4) is 5.69 Å². The molecular formula is C24H33FN4O4S. The van der Waals surface area contributed by atoms with E-state index in [1.54, 1.807) is 19.1 Å². The number of rotatable bonds is 9. The van der Waals surface area contributed by atoms with Gasteiger partial charge in [-0.25, -0.2) is 17.8 Å². The summed E-state index contributed by atoms with van der Waals surface area (Å²) in [5, 5.41) is 2.48. The molecule has 8 nitrogen and oxygen atoms in total. The van der Waals surface area contributed by atoms with E-state index in [0.29, 0.717) is 44.5 Å². The molecule has 3 rings (SSSR count). The molecule has 0 aliphatic heterocycles. The van der Waals surface area contributed by atoms with Crippen LogP contribution in [-0.2, 0) is 22.7 Å². The summed E-state index contributed by atoms with van der Waals surface area (Å²) in [6.07, 6.45) is 5.71. The fraction of sp³-hybridized carbons (Fsp3) is 0.542. The molecule has 1 heterocycles. The first-order valence-corrected chi connectivity index (χ1v) is 13.7. The maximum atomic E-state index is 15.0. The molecule has 2 amide bonds. The Morgan fingerprint density at radius 1 is 1.21 bits per heavy atom. The second-order valence-corrected chi connectivity index (χ2v) is 11.3. The van der Waals surface area contributed by atoms with Gasteiger partial charge in [0.05, 0.1) is 10.9 Å². The van der Waals surface area contributed by atoms with Gasteiger partial charge in [-0.05, 0) is 55.7 Å². The Morgan fingerprint density at radius 3 is 2.41 bits per heavy atom. The van der Waals surface area contributed by atoms with Crippen LogP contribution in [0.1, 0.15) is 78.3 Å². The zero-order valence-corrected chi connectivity index (χ0v) is 20.8. The van der Waals surface area contributed by atoms with Crippen molar-refractivity contribution in [3.63, 3.8) is 0 Å². The molecular weight excluding hydrogens is 459 g/mol. The Morgan fingerprint density at radius 2 is 1.88 bits per heavy atom. The van der Waals surface area contributed by atoms with Gasteiger partial charge in [0.2, 0.25) is 0 Å². The van der Waals surface area contributed by atoms with Gasteiger partial charge in [0.25, 0.3) is 11.8 Å². The van der Waals surface area contributed by atoms with Crippen molar-refractivity contribution >= 4 is 21.7 Å². The standard InChI is InChI=1S/C24H33FN4O4S/c1-4-6-15-9-12-19(18(25)13-15)29-20(5-2)28-21(22(29)23(26)30)24(31)27-14-16-7-10-17(11-8-16)34(3,32)33/h9,12-13,16-17H,4-8,10-11,14H2,1-3H3,(H2,26,30)(H,27,31). The van der Waals surface area contributed by atoms with E-state index in [-0.39, 0.29) is 28.2 Å². The Balaban J connectivity index is 1.83. The summed E-state index contributed by atoms with van der Waals surface area (Å²) in [4.78, 5) is 29.7. The number of sulfone groups is 1. The highest BCUT2D eigenvalue weighted by atomic mass is 32.2. The normalized spacial score (nSPS) is 18.6. The number of aromatic nitrogens is 2. The summed E-state index contributed by atoms with van der Waals surface area (Å²) in [5.41, 5.74) is 6.29. The van der Waals surface area contributed by atoms with Crippen molar-refractivity contribution < 1.29 is 22.4 Å². The number of carbonyl (C=O) groups is 2. The number of benzene rings is 1. The predicted octanol–water partition coefficient (Wildman–Crippen LogP) is 2.96. The van der Waals surface area contributed by atoms with Crippen molar-refractivity contribution in [1.29, 1.82) is 0 Å². The molecule has 1 saturated carbocycles. The van der Waals surface area contributed by atoms with Gasteiger partial charge in [0.15, 0.2) is 5.69 Å². The van der Waals surface area contributed by atoms with Crippen LogP contribution in [0.5, 0.6) is 0 Å². The second kappa shape index (κ2) is 10.7. The van der Waals surface area contributed by atoms with Crippen molar-refractivity contribution in [3.05, 3.63) is 46.8 Å². The van der Waals surface area contributed by atoms with Gasteiger partial charge >= 0.3 is 0 Å². The number of hydrogen-bond donors (Lipinski definition) is 2.